The molecule has 1 unspecified atom stereocenters. The lowest BCUT2D eigenvalue weighted by Gasteiger charge is -2.05. The number of carbonyl (C=O) groups excluding carboxylic acids is 1. The number of para-hydroxylation sites is 1. The number of fused-ring (bicyclic) bond motifs is 1. The van der Waals surface area contributed by atoms with Crippen LogP contribution in [0.1, 0.15) is 29.2 Å². The van der Waals surface area contributed by atoms with E-state index >= 15 is 0 Å². The van der Waals surface area contributed by atoms with E-state index in [4.69, 9.17) is 11.5 Å². The second kappa shape index (κ2) is 9.43. The molecule has 0 saturated carbocycles. The Morgan fingerprint density at radius 1 is 1.15 bits per heavy atom. The summed E-state index contributed by atoms with van der Waals surface area (Å²) in [5.74, 6) is 0.246. The van der Waals surface area contributed by atoms with Gasteiger partial charge in [0.25, 0.3) is 5.78 Å². The number of nitrogens with zero attached hydrogens (tertiary/aromatic N) is 1. The summed E-state index contributed by atoms with van der Waals surface area (Å²) in [6, 6.07) is 15.4. The highest BCUT2D eigenvalue weighted by atomic mass is 127. The van der Waals surface area contributed by atoms with Crippen LogP contribution in [-0.2, 0) is 6.54 Å². The number of hydrogen-bond acceptors (Lipinski definition) is 4. The van der Waals surface area contributed by atoms with Gasteiger partial charge in [-0.25, -0.2) is 0 Å². The fourth-order valence-electron chi connectivity index (χ4n) is 2.83. The number of ketones is 1. The monoisotopic (exact) mass is 493 g/mol. The van der Waals surface area contributed by atoms with Crippen LogP contribution in [0, 0.1) is 5.92 Å². The second-order valence-electron chi connectivity index (χ2n) is 6.64. The van der Waals surface area contributed by atoms with Crippen molar-refractivity contribution in [3.05, 3.63) is 65.2 Å². The first-order valence-corrected chi connectivity index (χ1v) is 9.52. The van der Waals surface area contributed by atoms with Crippen LogP contribution in [0.5, 0.6) is 0 Å². The molecule has 0 saturated heterocycles. The number of anilines is 1. The summed E-state index contributed by atoms with van der Waals surface area (Å²) in [5, 5.41) is 0.717. The third-order valence-corrected chi connectivity index (χ3v) is 5.44. The van der Waals surface area contributed by atoms with Gasteiger partial charge in [-0.15, -0.1) is 0 Å². The first-order valence-electron chi connectivity index (χ1n) is 8.70. The molecule has 0 aliphatic heterocycles. The summed E-state index contributed by atoms with van der Waals surface area (Å²) >= 11 is 1.51. The molecule has 0 aliphatic rings. The number of allylic oxidation sites excluding steroid dienone is 1. The molecule has 4 N–H and O–H groups in total. The van der Waals surface area contributed by atoms with Gasteiger partial charge in [-0.05, 0) is 30.7 Å². The van der Waals surface area contributed by atoms with Crippen molar-refractivity contribution in [1.29, 1.82) is 0 Å². The van der Waals surface area contributed by atoms with Crippen LogP contribution in [0.15, 0.2) is 54.6 Å². The normalized spacial score (nSPS) is 13.4. The Morgan fingerprint density at radius 3 is 2.48 bits per heavy atom. The van der Waals surface area contributed by atoms with Gasteiger partial charge in [0.2, 0.25) is 5.52 Å². The van der Waals surface area contributed by atoms with E-state index < -0.39 is 6.04 Å². The van der Waals surface area contributed by atoms with Crippen LogP contribution in [0.4, 0.5) is 5.69 Å². The Kier molecular flexibility index (Phi) is 7.52. The lowest BCUT2D eigenvalue weighted by atomic mass is 10.1. The van der Waals surface area contributed by atoms with Crippen LogP contribution >= 0.6 is 11.3 Å². The molecule has 1 heterocycles. The molecule has 2 atom stereocenters. The van der Waals surface area contributed by atoms with Gasteiger partial charge >= 0.3 is 5.01 Å². The van der Waals surface area contributed by atoms with Crippen molar-refractivity contribution in [2.75, 3.05) is 5.73 Å². The number of nitrogens with two attached hydrogens (primary N) is 2. The van der Waals surface area contributed by atoms with E-state index in [2.05, 4.69) is 29.7 Å². The Hall–Kier alpha value is -1.77. The summed E-state index contributed by atoms with van der Waals surface area (Å²) < 4.78 is 3.20. The molecule has 0 aliphatic carbocycles. The van der Waals surface area contributed by atoms with E-state index in [1.165, 1.54) is 11.3 Å². The largest absolute Gasteiger partial charge is 1.00 e. The predicted molar refractivity (Wildman–Crippen MR) is 109 cm³/mol. The van der Waals surface area contributed by atoms with Crippen molar-refractivity contribution < 1.29 is 33.3 Å². The predicted octanol–water partition coefficient (Wildman–Crippen LogP) is 0.654. The summed E-state index contributed by atoms with van der Waals surface area (Å²) in [6.45, 7) is 4.61. The Balaban J connectivity index is 0.00000261. The molecular weight excluding hydrogens is 469 g/mol. The van der Waals surface area contributed by atoms with E-state index in [1.54, 1.807) is 6.92 Å². The molecule has 6 heteroatoms. The first-order chi connectivity index (χ1) is 12.5. The zero-order valence-electron chi connectivity index (χ0n) is 15.4. The van der Waals surface area contributed by atoms with E-state index in [1.807, 2.05) is 42.5 Å². The van der Waals surface area contributed by atoms with Crippen molar-refractivity contribution >= 4 is 39.1 Å². The topological polar surface area (TPSA) is 73.0 Å². The molecule has 4 nitrogen and oxygen atoms in total. The standard InChI is InChI=1S/C21H24N3OS.HI/c1-14(7-8-16-9-11-17(23)12-10-16)13-24-18-5-3-4-6-19(18)26-21(24)20(25)15(2)22;/h3-12,14-15H,13,22-23H2,1-2H3;1H/q+1;/p-1/b8-7+;/t14?,15-;/m0./s1. The van der Waals surface area contributed by atoms with Crippen molar-refractivity contribution in [1.82, 2.24) is 0 Å². The molecule has 0 bridgehead atoms. The lowest BCUT2D eigenvalue weighted by molar-refractivity contribution is -0.673. The fourth-order valence-corrected chi connectivity index (χ4v) is 4.03. The van der Waals surface area contributed by atoms with Crippen LogP contribution in [0.25, 0.3) is 16.3 Å². The molecule has 0 spiro atoms. The third kappa shape index (κ3) is 5.15. The third-order valence-electron chi connectivity index (χ3n) is 4.26. The van der Waals surface area contributed by atoms with Crippen LogP contribution < -0.4 is 40.0 Å². The van der Waals surface area contributed by atoms with Crippen LogP contribution in [0.3, 0.4) is 0 Å². The zero-order chi connectivity index (χ0) is 18.7. The molecule has 142 valence electrons. The average molecular weight is 493 g/mol. The van der Waals surface area contributed by atoms with E-state index in [9.17, 15) is 4.79 Å². The summed E-state index contributed by atoms with van der Waals surface area (Å²) in [6.07, 6.45) is 4.25. The van der Waals surface area contributed by atoms with Gasteiger partial charge in [0.15, 0.2) is 6.54 Å². The minimum Gasteiger partial charge on any atom is -1.00 e. The van der Waals surface area contributed by atoms with Crippen LogP contribution in [0.2, 0.25) is 0 Å². The SMILES string of the molecule is CC(/C=C/c1ccc(N)cc1)C[n+]1c(C(=O)[C@H](C)N)sc2ccccc21.[I-]. The maximum absolute atomic E-state index is 12.6. The number of thiazole rings is 1. The van der Waals surface area contributed by atoms with E-state index in [0.29, 0.717) is 5.01 Å². The van der Waals surface area contributed by atoms with E-state index in [-0.39, 0.29) is 35.7 Å². The summed E-state index contributed by atoms with van der Waals surface area (Å²) in [4.78, 5) is 12.6. The Labute approximate surface area is 180 Å². The van der Waals surface area contributed by atoms with Gasteiger partial charge in [0, 0.05) is 17.7 Å². The number of benzene rings is 2. The number of hydrogen-bond donors (Lipinski definition) is 2. The molecule has 1 aromatic heterocycles. The van der Waals surface area contributed by atoms with Gasteiger partial charge in [-0.1, -0.05) is 54.7 Å². The molecule has 0 fully saturated rings. The van der Waals surface area contributed by atoms with Gasteiger partial charge in [-0.2, -0.15) is 4.57 Å². The maximum atomic E-state index is 12.6. The fraction of sp³-hybridized carbons (Fsp3) is 0.238. The van der Waals surface area contributed by atoms with Gasteiger partial charge in [0.05, 0.1) is 6.04 Å². The zero-order valence-corrected chi connectivity index (χ0v) is 18.4. The molecule has 27 heavy (non-hydrogen) atoms. The molecular formula is C21H24IN3OS. The van der Waals surface area contributed by atoms with Crippen LogP contribution in [-0.4, -0.2) is 11.8 Å². The molecule has 0 amide bonds. The van der Waals surface area contributed by atoms with Gasteiger partial charge < -0.3 is 35.4 Å². The second-order valence-corrected chi connectivity index (χ2v) is 7.67. The first kappa shape index (κ1) is 21.5. The summed E-state index contributed by atoms with van der Waals surface area (Å²) in [7, 11) is 0. The van der Waals surface area contributed by atoms with Crippen molar-refractivity contribution in [3.63, 3.8) is 0 Å². The minimum atomic E-state index is -0.505. The molecule has 2 aromatic carbocycles. The van der Waals surface area contributed by atoms with Crippen molar-refractivity contribution in [2.24, 2.45) is 11.7 Å². The quantitative estimate of drug-likeness (QED) is 0.229. The van der Waals surface area contributed by atoms with Crippen molar-refractivity contribution in [3.8, 4) is 0 Å². The molecule has 0 radical (unpaired) electrons. The highest BCUT2D eigenvalue weighted by Crippen LogP contribution is 2.22. The van der Waals surface area contributed by atoms with E-state index in [0.717, 1.165) is 28.0 Å². The van der Waals surface area contributed by atoms with Gasteiger partial charge in [-0.3, -0.25) is 4.79 Å². The Morgan fingerprint density at radius 2 is 1.81 bits per heavy atom. The number of Topliss-reactive ketones (excluding diaryl/α,β-unsaturated/α-hetero) is 1. The number of carbonyl (C=O) groups is 1. The number of rotatable bonds is 6. The van der Waals surface area contributed by atoms with Crippen molar-refractivity contribution in [2.45, 2.75) is 26.4 Å². The highest BCUT2D eigenvalue weighted by molar-refractivity contribution is 7.19. The Bertz CT molecular complexity index is 948. The highest BCUT2D eigenvalue weighted by Gasteiger charge is 2.29. The smallest absolute Gasteiger partial charge is 0.308 e. The minimum absolute atomic E-state index is 0. The van der Waals surface area contributed by atoms with Gasteiger partial charge in [0.1, 0.15) is 4.70 Å². The maximum Gasteiger partial charge on any atom is 0.308 e. The number of halogens is 1. The lowest BCUT2D eigenvalue weighted by Crippen LogP contribution is -3.00. The number of nitrogen functional groups attached to an aromatic ring is 1. The molecule has 3 rings (SSSR count). The molecule has 3 aromatic rings. The number of aromatic nitrogens is 1. The summed E-state index contributed by atoms with van der Waals surface area (Å²) in [5.41, 5.74) is 14.5. The average Bonchev–Trinajstić information content (AvgIpc) is 2.99.